The monoisotopic (exact) mass is 228 g/mol. The van der Waals surface area contributed by atoms with E-state index >= 15 is 0 Å². The number of hydrogen-bond donors (Lipinski definition) is 2. The number of rotatable bonds is 5. The first-order valence-electron chi connectivity index (χ1n) is 6.58. The van der Waals surface area contributed by atoms with Gasteiger partial charge < -0.3 is 15.3 Å². The van der Waals surface area contributed by atoms with Gasteiger partial charge in [-0.2, -0.15) is 0 Å². The molecule has 16 heavy (non-hydrogen) atoms. The maximum absolute atomic E-state index is 9.39. The van der Waals surface area contributed by atoms with Gasteiger partial charge in [0, 0.05) is 13.1 Å². The van der Waals surface area contributed by atoms with Crippen molar-refractivity contribution in [1.82, 2.24) is 10.2 Å². The van der Waals surface area contributed by atoms with Crippen molar-refractivity contribution in [2.45, 2.75) is 46.1 Å². The Balaban J connectivity index is 1.95. The minimum Gasteiger partial charge on any atom is -0.393 e. The fourth-order valence-electron chi connectivity index (χ4n) is 2.03. The van der Waals surface area contributed by atoms with Crippen LogP contribution in [-0.2, 0) is 0 Å². The highest BCUT2D eigenvalue weighted by molar-refractivity contribution is 4.71. The van der Waals surface area contributed by atoms with Crippen LogP contribution in [0.4, 0.5) is 0 Å². The van der Waals surface area contributed by atoms with Gasteiger partial charge in [0.1, 0.15) is 0 Å². The lowest BCUT2D eigenvalue weighted by Gasteiger charge is -2.29. The van der Waals surface area contributed by atoms with E-state index in [4.69, 9.17) is 0 Å². The van der Waals surface area contributed by atoms with Gasteiger partial charge in [0.05, 0.1) is 6.10 Å². The minimum absolute atomic E-state index is 0.0461. The Hall–Kier alpha value is -0.120. The van der Waals surface area contributed by atoms with Crippen LogP contribution in [0.25, 0.3) is 0 Å². The fourth-order valence-corrected chi connectivity index (χ4v) is 2.03. The fraction of sp³-hybridized carbons (Fsp3) is 1.00. The van der Waals surface area contributed by atoms with Gasteiger partial charge in [0.15, 0.2) is 0 Å². The van der Waals surface area contributed by atoms with Crippen molar-refractivity contribution in [3.05, 3.63) is 0 Å². The van der Waals surface area contributed by atoms with Crippen LogP contribution in [0.15, 0.2) is 0 Å². The third-order valence-electron chi connectivity index (χ3n) is 3.04. The van der Waals surface area contributed by atoms with Gasteiger partial charge in [0.25, 0.3) is 0 Å². The van der Waals surface area contributed by atoms with Crippen molar-refractivity contribution in [3.8, 4) is 0 Å². The summed E-state index contributed by atoms with van der Waals surface area (Å²) in [7, 11) is 0. The number of piperidine rings is 1. The van der Waals surface area contributed by atoms with Gasteiger partial charge in [-0.05, 0) is 44.3 Å². The molecule has 3 heteroatoms. The maximum Gasteiger partial charge on any atom is 0.0564 e. The summed E-state index contributed by atoms with van der Waals surface area (Å²) in [5.41, 5.74) is 0.384. The number of aliphatic hydroxyl groups is 1. The minimum atomic E-state index is -0.0461. The highest BCUT2D eigenvalue weighted by Crippen LogP contribution is 2.11. The molecule has 0 spiro atoms. The van der Waals surface area contributed by atoms with Crippen LogP contribution < -0.4 is 5.32 Å². The SMILES string of the molecule is CC(C)(C)CNCCCN1CCC(O)CC1. The van der Waals surface area contributed by atoms with Gasteiger partial charge >= 0.3 is 0 Å². The van der Waals surface area contributed by atoms with E-state index in [-0.39, 0.29) is 6.10 Å². The molecule has 1 fully saturated rings. The van der Waals surface area contributed by atoms with E-state index in [2.05, 4.69) is 31.0 Å². The molecule has 2 N–H and O–H groups in total. The van der Waals surface area contributed by atoms with Crippen molar-refractivity contribution >= 4 is 0 Å². The lowest BCUT2D eigenvalue weighted by Crippen LogP contribution is -2.37. The second-order valence-electron chi connectivity index (χ2n) is 6.16. The molecule has 1 rings (SSSR count). The molecule has 0 aromatic heterocycles. The Labute approximate surface area is 100 Å². The standard InChI is InChI=1S/C13H28N2O/c1-13(2,3)11-14-7-4-8-15-9-5-12(16)6-10-15/h12,14,16H,4-11H2,1-3H3. The summed E-state index contributed by atoms with van der Waals surface area (Å²) in [5, 5.41) is 12.9. The molecule has 96 valence electrons. The molecule has 0 aromatic carbocycles. The lowest BCUT2D eigenvalue weighted by molar-refractivity contribution is 0.0820. The van der Waals surface area contributed by atoms with Crippen LogP contribution in [0.2, 0.25) is 0 Å². The zero-order valence-electron chi connectivity index (χ0n) is 11.1. The molecule has 0 bridgehead atoms. The number of nitrogens with zero attached hydrogens (tertiary/aromatic N) is 1. The van der Waals surface area contributed by atoms with Crippen molar-refractivity contribution in [2.75, 3.05) is 32.7 Å². The normalized spacial score (nSPS) is 20.2. The van der Waals surface area contributed by atoms with Crippen molar-refractivity contribution in [3.63, 3.8) is 0 Å². The van der Waals surface area contributed by atoms with E-state index in [9.17, 15) is 5.11 Å². The summed E-state index contributed by atoms with van der Waals surface area (Å²) >= 11 is 0. The highest BCUT2D eigenvalue weighted by Gasteiger charge is 2.16. The molecular formula is C13H28N2O. The maximum atomic E-state index is 9.39. The Morgan fingerprint density at radius 2 is 1.88 bits per heavy atom. The van der Waals surface area contributed by atoms with E-state index in [1.807, 2.05) is 0 Å². The Kier molecular flexibility index (Phi) is 5.73. The first-order valence-corrected chi connectivity index (χ1v) is 6.58. The Bertz CT molecular complexity index is 181. The molecule has 1 heterocycles. The first-order chi connectivity index (χ1) is 7.47. The molecule has 1 aliphatic heterocycles. The first kappa shape index (κ1) is 13.9. The summed E-state index contributed by atoms with van der Waals surface area (Å²) in [4.78, 5) is 2.46. The molecule has 0 unspecified atom stereocenters. The molecule has 0 amide bonds. The predicted octanol–water partition coefficient (Wildman–Crippen LogP) is 1.47. The summed E-state index contributed by atoms with van der Waals surface area (Å²) in [5.74, 6) is 0. The van der Waals surface area contributed by atoms with Crippen molar-refractivity contribution in [1.29, 1.82) is 0 Å². The molecule has 0 radical (unpaired) electrons. The largest absolute Gasteiger partial charge is 0.393 e. The smallest absolute Gasteiger partial charge is 0.0564 e. The Morgan fingerprint density at radius 3 is 2.44 bits per heavy atom. The van der Waals surface area contributed by atoms with Gasteiger partial charge in [-0.3, -0.25) is 0 Å². The summed E-state index contributed by atoms with van der Waals surface area (Å²) < 4.78 is 0. The molecule has 3 nitrogen and oxygen atoms in total. The van der Waals surface area contributed by atoms with E-state index in [0.29, 0.717) is 5.41 Å². The molecule has 1 aliphatic rings. The molecule has 0 saturated carbocycles. The Morgan fingerprint density at radius 1 is 1.25 bits per heavy atom. The van der Waals surface area contributed by atoms with Crippen molar-refractivity contribution < 1.29 is 5.11 Å². The second-order valence-corrected chi connectivity index (χ2v) is 6.16. The summed E-state index contributed by atoms with van der Waals surface area (Å²) in [6.07, 6.45) is 3.08. The third-order valence-corrected chi connectivity index (χ3v) is 3.04. The topological polar surface area (TPSA) is 35.5 Å². The van der Waals surface area contributed by atoms with Crippen LogP contribution in [-0.4, -0.2) is 48.8 Å². The average molecular weight is 228 g/mol. The van der Waals surface area contributed by atoms with E-state index < -0.39 is 0 Å². The lowest BCUT2D eigenvalue weighted by atomic mass is 9.97. The zero-order chi connectivity index (χ0) is 12.0. The van der Waals surface area contributed by atoms with Crippen molar-refractivity contribution in [2.24, 2.45) is 5.41 Å². The zero-order valence-corrected chi connectivity index (χ0v) is 11.1. The number of aliphatic hydroxyl groups excluding tert-OH is 1. The average Bonchev–Trinajstić information content (AvgIpc) is 2.19. The van der Waals surface area contributed by atoms with Gasteiger partial charge in [-0.15, -0.1) is 0 Å². The quantitative estimate of drug-likeness (QED) is 0.700. The highest BCUT2D eigenvalue weighted by atomic mass is 16.3. The van der Waals surface area contributed by atoms with Crippen LogP contribution in [0, 0.1) is 5.41 Å². The summed E-state index contributed by atoms with van der Waals surface area (Å²) in [6, 6.07) is 0. The van der Waals surface area contributed by atoms with Crippen LogP contribution in [0.1, 0.15) is 40.0 Å². The third kappa shape index (κ3) is 6.46. The van der Waals surface area contributed by atoms with E-state index in [1.165, 1.54) is 13.0 Å². The molecule has 0 atom stereocenters. The van der Waals surface area contributed by atoms with E-state index in [0.717, 1.165) is 39.0 Å². The number of hydrogen-bond acceptors (Lipinski definition) is 3. The summed E-state index contributed by atoms with van der Waals surface area (Å²) in [6.45, 7) is 12.3. The van der Waals surface area contributed by atoms with Crippen LogP contribution >= 0.6 is 0 Å². The number of nitrogens with one attached hydrogen (secondary N) is 1. The molecule has 0 aliphatic carbocycles. The molecule has 0 aromatic rings. The molecular weight excluding hydrogens is 200 g/mol. The second kappa shape index (κ2) is 6.58. The van der Waals surface area contributed by atoms with Gasteiger partial charge in [-0.1, -0.05) is 20.8 Å². The van der Waals surface area contributed by atoms with Gasteiger partial charge in [0.2, 0.25) is 0 Å². The molecule has 1 saturated heterocycles. The number of likely N-dealkylation sites (tertiary alicyclic amines) is 1. The predicted molar refractivity (Wildman–Crippen MR) is 68.6 cm³/mol. The van der Waals surface area contributed by atoms with E-state index in [1.54, 1.807) is 0 Å². The van der Waals surface area contributed by atoms with Crippen LogP contribution in [0.5, 0.6) is 0 Å². The van der Waals surface area contributed by atoms with Crippen LogP contribution in [0.3, 0.4) is 0 Å². The van der Waals surface area contributed by atoms with Gasteiger partial charge in [-0.25, -0.2) is 0 Å².